The summed E-state index contributed by atoms with van der Waals surface area (Å²) < 4.78 is 42.1. The molecule has 1 aromatic heterocycles. The van der Waals surface area contributed by atoms with E-state index < -0.39 is 17.3 Å². The van der Waals surface area contributed by atoms with Crippen molar-refractivity contribution in [3.63, 3.8) is 0 Å². The number of halogens is 3. The largest absolute Gasteiger partial charge is 0.416 e. The maximum Gasteiger partial charge on any atom is 0.416 e. The number of ketones is 1. The van der Waals surface area contributed by atoms with Crippen molar-refractivity contribution >= 4 is 46.6 Å². The van der Waals surface area contributed by atoms with Crippen molar-refractivity contribution in [2.75, 3.05) is 30.4 Å². The predicted molar refractivity (Wildman–Crippen MR) is 169 cm³/mol. The summed E-state index contributed by atoms with van der Waals surface area (Å²) in [6, 6.07) is 16.3. The molecule has 0 bridgehead atoms. The fourth-order valence-corrected chi connectivity index (χ4v) is 6.44. The van der Waals surface area contributed by atoms with Crippen LogP contribution in [0.1, 0.15) is 44.6 Å². The molecule has 0 N–H and O–H groups in total. The number of fused-ring (bicyclic) bond motifs is 1. The van der Waals surface area contributed by atoms with Gasteiger partial charge < -0.3 is 9.80 Å². The first-order chi connectivity index (χ1) is 20.8. The first-order valence-corrected chi connectivity index (χ1v) is 15.0. The maximum atomic E-state index is 13.8. The number of thiazole rings is 1. The Bertz CT molecular complexity index is 1940. The molecular weight excluding hydrogens is 587 g/mol. The zero-order chi connectivity index (χ0) is 31.8. The zero-order valence-corrected chi connectivity index (χ0v) is 25.7. The van der Waals surface area contributed by atoms with Crippen molar-refractivity contribution < 1.29 is 22.8 Å². The smallest absolute Gasteiger partial charge is 0.377 e. The van der Waals surface area contributed by atoms with Crippen LogP contribution in [0.3, 0.4) is 0 Å². The Kier molecular flexibility index (Phi) is 8.65. The summed E-state index contributed by atoms with van der Waals surface area (Å²) in [5.41, 5.74) is 3.57. The number of nitrogens with zero attached hydrogens (tertiary/aromatic N) is 3. The second-order valence-corrected chi connectivity index (χ2v) is 12.2. The Morgan fingerprint density at radius 3 is 2.48 bits per heavy atom. The number of alkyl halides is 3. The molecule has 0 radical (unpaired) electrons. The average molecular weight is 620 g/mol. The molecule has 6 nitrogen and oxygen atoms in total. The number of rotatable bonds is 6. The third kappa shape index (κ3) is 6.40. The minimum Gasteiger partial charge on any atom is -0.377 e. The van der Waals surface area contributed by atoms with Gasteiger partial charge >= 0.3 is 6.18 Å². The van der Waals surface area contributed by atoms with Crippen molar-refractivity contribution in [3.05, 3.63) is 114 Å². The average Bonchev–Trinajstić information content (AvgIpc) is 3.24. The molecule has 0 atom stereocenters. The van der Waals surface area contributed by atoms with Crippen LogP contribution in [0.4, 0.5) is 24.5 Å². The highest BCUT2D eigenvalue weighted by Crippen LogP contribution is 2.33. The molecule has 0 spiro atoms. The first-order valence-electron chi connectivity index (χ1n) is 14.1. The minimum absolute atomic E-state index is 0.194. The van der Waals surface area contributed by atoms with Crippen molar-refractivity contribution in [3.8, 4) is 0 Å². The van der Waals surface area contributed by atoms with Gasteiger partial charge in [-0.2, -0.15) is 13.2 Å². The fourth-order valence-electron chi connectivity index (χ4n) is 5.41. The van der Waals surface area contributed by atoms with Crippen LogP contribution in [-0.2, 0) is 23.9 Å². The van der Waals surface area contributed by atoms with Gasteiger partial charge in [-0.05, 0) is 67.7 Å². The van der Waals surface area contributed by atoms with Crippen LogP contribution in [-0.4, -0.2) is 36.9 Å². The number of hydrogen-bond donors (Lipinski definition) is 0. The third-order valence-corrected chi connectivity index (χ3v) is 8.74. The van der Waals surface area contributed by atoms with Crippen LogP contribution in [0.5, 0.6) is 0 Å². The van der Waals surface area contributed by atoms with E-state index in [-0.39, 0.29) is 33.1 Å². The lowest BCUT2D eigenvalue weighted by Gasteiger charge is -2.30. The molecular formula is C34H32F3N3O3S. The zero-order valence-electron chi connectivity index (χ0n) is 24.9. The number of hydrogen-bond acceptors (Lipinski definition) is 5. The van der Waals surface area contributed by atoms with Gasteiger partial charge in [-0.1, -0.05) is 48.0 Å². The molecule has 4 aromatic rings. The molecule has 0 unspecified atom stereocenters. The highest BCUT2D eigenvalue weighted by Gasteiger charge is 2.31. The van der Waals surface area contributed by atoms with Crippen molar-refractivity contribution in [2.24, 2.45) is 0 Å². The lowest BCUT2D eigenvalue weighted by molar-refractivity contribution is -0.137. The summed E-state index contributed by atoms with van der Waals surface area (Å²) in [5, 5.41) is 0. The molecule has 1 aliphatic rings. The summed E-state index contributed by atoms with van der Waals surface area (Å²) >= 11 is 1.02. The van der Waals surface area contributed by atoms with E-state index in [0.29, 0.717) is 17.7 Å². The second kappa shape index (κ2) is 12.3. The Labute approximate surface area is 257 Å². The Hall–Kier alpha value is -4.44. The molecule has 1 aliphatic heterocycles. The summed E-state index contributed by atoms with van der Waals surface area (Å²) in [6.45, 7) is 4.02. The van der Waals surface area contributed by atoms with Crippen molar-refractivity contribution in [2.45, 2.75) is 39.4 Å². The summed E-state index contributed by atoms with van der Waals surface area (Å²) in [7, 11) is 3.24. The Morgan fingerprint density at radius 2 is 1.77 bits per heavy atom. The first kappa shape index (κ1) is 31.0. The summed E-state index contributed by atoms with van der Waals surface area (Å²) in [5.74, 6) is -0.609. The molecule has 0 fully saturated rings. The van der Waals surface area contributed by atoms with Gasteiger partial charge in [0.1, 0.15) is 11.2 Å². The van der Waals surface area contributed by atoms with E-state index >= 15 is 0 Å². The molecule has 3 aromatic carbocycles. The van der Waals surface area contributed by atoms with Gasteiger partial charge in [-0.15, -0.1) is 11.3 Å². The van der Waals surface area contributed by atoms with Crippen LogP contribution in [0.15, 0.2) is 65.5 Å². The maximum absolute atomic E-state index is 13.8. The molecule has 5 rings (SSSR count). The van der Waals surface area contributed by atoms with Crippen molar-refractivity contribution in [1.82, 2.24) is 4.57 Å². The van der Waals surface area contributed by atoms with E-state index in [4.69, 9.17) is 0 Å². The van der Waals surface area contributed by atoms with Crippen molar-refractivity contribution in [1.29, 1.82) is 0 Å². The van der Waals surface area contributed by atoms with Crippen LogP contribution >= 0.6 is 11.3 Å². The van der Waals surface area contributed by atoms with Gasteiger partial charge in [-0.3, -0.25) is 19.0 Å². The molecule has 1 amide bonds. The number of carbonyl (C=O) groups is 2. The van der Waals surface area contributed by atoms with Gasteiger partial charge in [0.2, 0.25) is 5.91 Å². The SMILES string of the molecule is Cc1ccc2c(c1)CCCN2C(=O)Cn1c(=O)/c(=C/c2ccc(C(F)(F)F)cc2N(C)C)s/c1=C\C(=O)c1ccccc1C. The molecule has 0 saturated heterocycles. The highest BCUT2D eigenvalue weighted by atomic mass is 32.1. The number of benzene rings is 3. The summed E-state index contributed by atoms with van der Waals surface area (Å²) in [4.78, 5) is 44.1. The van der Waals surface area contributed by atoms with Crippen LogP contribution in [0, 0.1) is 13.8 Å². The standard InChI is InChI=1S/C34H32F3N3O3S/c1-21-11-14-27-23(16-21)9-7-15-39(27)31(42)20-40-32(19-29(41)26-10-6-5-8-22(26)2)44-30(33(40)43)17-24-12-13-25(34(35,36)37)18-28(24)38(3)4/h5-6,8,10-14,16-19H,7,9,15,20H2,1-4H3/b30-17-,32-19-. The number of carbonyl (C=O) groups excluding carboxylic acids is 2. The number of aromatic nitrogens is 1. The van der Waals surface area contributed by atoms with Crippen LogP contribution < -0.4 is 24.6 Å². The summed E-state index contributed by atoms with van der Waals surface area (Å²) in [6.07, 6.45) is -0.0252. The number of anilines is 2. The van der Waals surface area contributed by atoms with E-state index in [2.05, 4.69) is 6.07 Å². The van der Waals surface area contributed by atoms with Gasteiger partial charge in [0.25, 0.3) is 5.56 Å². The number of Topliss-reactive ketones (excluding diaryl/α,β-unsaturated/α-hetero) is 1. The quantitative estimate of drug-likeness (QED) is 0.283. The van der Waals surface area contributed by atoms with E-state index in [0.717, 1.165) is 58.7 Å². The van der Waals surface area contributed by atoms with Gasteiger partial charge in [0.15, 0.2) is 5.78 Å². The second-order valence-electron chi connectivity index (χ2n) is 11.1. The van der Waals surface area contributed by atoms with Gasteiger partial charge in [0, 0.05) is 43.7 Å². The van der Waals surface area contributed by atoms with Gasteiger partial charge in [-0.25, -0.2) is 0 Å². The monoisotopic (exact) mass is 619 g/mol. The minimum atomic E-state index is -4.52. The molecule has 44 heavy (non-hydrogen) atoms. The lowest BCUT2D eigenvalue weighted by atomic mass is 9.99. The molecule has 0 saturated carbocycles. The molecule has 0 aliphatic carbocycles. The normalized spacial score (nSPS) is 14.1. The molecule has 228 valence electrons. The number of amides is 1. The fraction of sp³-hybridized carbons (Fsp3) is 0.265. The van der Waals surface area contributed by atoms with Crippen LogP contribution in [0.25, 0.3) is 12.2 Å². The van der Waals surface area contributed by atoms with E-state index in [1.54, 1.807) is 36.0 Å². The molecule has 10 heteroatoms. The van der Waals surface area contributed by atoms with E-state index in [1.165, 1.54) is 22.8 Å². The highest BCUT2D eigenvalue weighted by molar-refractivity contribution is 7.07. The van der Waals surface area contributed by atoms with E-state index in [9.17, 15) is 27.6 Å². The predicted octanol–water partition coefficient (Wildman–Crippen LogP) is 5.08. The lowest BCUT2D eigenvalue weighted by Crippen LogP contribution is -2.42. The molecule has 2 heterocycles. The number of aryl methyl sites for hydroxylation is 3. The topological polar surface area (TPSA) is 62.6 Å². The van der Waals surface area contributed by atoms with Gasteiger partial charge in [0.05, 0.1) is 10.1 Å². The Balaban J connectivity index is 1.64. The van der Waals surface area contributed by atoms with E-state index in [1.807, 2.05) is 38.1 Å². The Morgan fingerprint density at radius 1 is 1.02 bits per heavy atom. The third-order valence-electron chi connectivity index (χ3n) is 7.68. The van der Waals surface area contributed by atoms with Crippen LogP contribution in [0.2, 0.25) is 0 Å².